The fourth-order valence-corrected chi connectivity index (χ4v) is 4.23. The molecule has 0 unspecified atom stereocenters. The summed E-state index contributed by atoms with van der Waals surface area (Å²) >= 11 is 3.44. The van der Waals surface area contributed by atoms with Crippen molar-refractivity contribution < 1.29 is 9.90 Å². The van der Waals surface area contributed by atoms with Crippen LogP contribution < -0.4 is 4.90 Å². The Hall–Kier alpha value is -4.07. The third-order valence-corrected chi connectivity index (χ3v) is 6.24. The van der Waals surface area contributed by atoms with Crippen molar-refractivity contribution in [3.8, 4) is 0 Å². The first-order valence-electron chi connectivity index (χ1n) is 11.0. The smallest absolute Gasteiger partial charge is 0.371 e. The second-order valence-corrected chi connectivity index (χ2v) is 8.81. The van der Waals surface area contributed by atoms with Crippen LogP contribution in [0.3, 0.4) is 0 Å². The molecule has 1 heterocycles. The second kappa shape index (κ2) is 9.66. The first kappa shape index (κ1) is 22.7. The molecule has 1 amide bonds. The summed E-state index contributed by atoms with van der Waals surface area (Å²) < 4.78 is 0.900. The van der Waals surface area contributed by atoms with Gasteiger partial charge < -0.3 is 5.11 Å². The fourth-order valence-electron chi connectivity index (χ4n) is 3.97. The van der Waals surface area contributed by atoms with Gasteiger partial charge in [-0.1, -0.05) is 99.6 Å². The van der Waals surface area contributed by atoms with Gasteiger partial charge in [-0.2, -0.15) is 5.10 Å². The topological polar surface area (TPSA) is 71.2 Å². The Morgan fingerprint density at radius 2 is 1.23 bits per heavy atom. The normalized spacial score (nSPS) is 11.3. The zero-order valence-electron chi connectivity index (χ0n) is 18.6. The van der Waals surface area contributed by atoms with Crippen LogP contribution in [-0.4, -0.2) is 26.1 Å². The van der Waals surface area contributed by atoms with Gasteiger partial charge in [-0.05, 0) is 47.5 Å². The SMILES string of the molecule is O=C(N(c1ccccc1)c1ccc(Br)cc1)n1ncc(C(O)(c2ccccc2)c2ccccc2)n1. The summed E-state index contributed by atoms with van der Waals surface area (Å²) in [7, 11) is 0. The van der Waals surface area contributed by atoms with Crippen molar-refractivity contribution in [3.05, 3.63) is 143 Å². The van der Waals surface area contributed by atoms with E-state index in [1.807, 2.05) is 115 Å². The molecule has 0 fully saturated rings. The molecule has 0 spiro atoms. The van der Waals surface area contributed by atoms with Crippen molar-refractivity contribution in [2.45, 2.75) is 5.60 Å². The average molecular weight is 525 g/mol. The number of para-hydroxylation sites is 1. The number of hydrogen-bond acceptors (Lipinski definition) is 4. The molecule has 5 aromatic rings. The third kappa shape index (κ3) is 4.39. The average Bonchev–Trinajstić information content (AvgIpc) is 3.42. The molecule has 35 heavy (non-hydrogen) atoms. The largest absolute Gasteiger partial charge is 0.374 e. The van der Waals surface area contributed by atoms with Gasteiger partial charge in [0.05, 0.1) is 17.6 Å². The molecular formula is C28H21BrN4O2. The number of aromatic nitrogens is 3. The molecule has 7 heteroatoms. The van der Waals surface area contributed by atoms with E-state index in [1.54, 1.807) is 0 Å². The van der Waals surface area contributed by atoms with Gasteiger partial charge >= 0.3 is 6.03 Å². The van der Waals surface area contributed by atoms with Crippen LogP contribution >= 0.6 is 15.9 Å². The molecule has 4 aromatic carbocycles. The molecule has 0 saturated heterocycles. The number of benzene rings is 4. The molecule has 0 aliphatic carbocycles. The van der Waals surface area contributed by atoms with E-state index >= 15 is 0 Å². The van der Waals surface area contributed by atoms with Gasteiger partial charge in [-0.25, -0.2) is 4.79 Å². The van der Waals surface area contributed by atoms with Crippen LogP contribution in [-0.2, 0) is 5.60 Å². The molecule has 1 N–H and O–H groups in total. The van der Waals surface area contributed by atoms with Crippen LogP contribution in [0.5, 0.6) is 0 Å². The monoisotopic (exact) mass is 524 g/mol. The quantitative estimate of drug-likeness (QED) is 0.300. The van der Waals surface area contributed by atoms with E-state index in [0.29, 0.717) is 22.5 Å². The maximum absolute atomic E-state index is 13.7. The second-order valence-electron chi connectivity index (χ2n) is 7.89. The molecule has 0 radical (unpaired) electrons. The van der Waals surface area contributed by atoms with Crippen molar-refractivity contribution in [2.75, 3.05) is 4.90 Å². The molecule has 0 atom stereocenters. The minimum absolute atomic E-state index is 0.243. The highest BCUT2D eigenvalue weighted by molar-refractivity contribution is 9.10. The van der Waals surface area contributed by atoms with Gasteiger partial charge in [0.15, 0.2) is 5.60 Å². The number of carbonyl (C=O) groups is 1. The molecule has 0 bridgehead atoms. The third-order valence-electron chi connectivity index (χ3n) is 5.71. The van der Waals surface area contributed by atoms with Crippen molar-refractivity contribution >= 4 is 33.3 Å². The number of nitrogens with zero attached hydrogens (tertiary/aromatic N) is 4. The highest BCUT2D eigenvalue weighted by Gasteiger charge is 2.37. The number of anilines is 2. The molecule has 5 rings (SSSR count). The van der Waals surface area contributed by atoms with E-state index in [1.165, 1.54) is 11.1 Å². The van der Waals surface area contributed by atoms with Gasteiger partial charge in [0.2, 0.25) is 0 Å². The summed E-state index contributed by atoms with van der Waals surface area (Å²) in [4.78, 5) is 16.3. The van der Waals surface area contributed by atoms with Crippen molar-refractivity contribution in [3.63, 3.8) is 0 Å². The highest BCUT2D eigenvalue weighted by Crippen LogP contribution is 2.35. The van der Waals surface area contributed by atoms with Crippen LogP contribution in [0.25, 0.3) is 0 Å². The molecular weight excluding hydrogens is 504 g/mol. The Labute approximate surface area is 211 Å². The fraction of sp³-hybridized carbons (Fsp3) is 0.0357. The van der Waals surface area contributed by atoms with E-state index in [2.05, 4.69) is 26.1 Å². The molecule has 0 aliphatic heterocycles. The van der Waals surface area contributed by atoms with E-state index in [-0.39, 0.29) is 5.69 Å². The number of halogens is 1. The molecule has 0 saturated carbocycles. The number of aliphatic hydroxyl groups is 1. The Balaban J connectivity index is 1.59. The summed E-state index contributed by atoms with van der Waals surface area (Å²) in [5.74, 6) is 0. The lowest BCUT2D eigenvalue weighted by atomic mass is 9.84. The Morgan fingerprint density at radius 3 is 1.77 bits per heavy atom. The van der Waals surface area contributed by atoms with E-state index in [0.717, 1.165) is 9.27 Å². The first-order chi connectivity index (χ1) is 17.1. The Morgan fingerprint density at radius 1 is 0.743 bits per heavy atom. The molecule has 1 aromatic heterocycles. The van der Waals surface area contributed by atoms with E-state index in [9.17, 15) is 9.90 Å². The minimum atomic E-state index is -1.59. The predicted octanol–water partition coefficient (Wildman–Crippen LogP) is 6.13. The molecule has 6 nitrogen and oxygen atoms in total. The van der Waals surface area contributed by atoms with Gasteiger partial charge in [0, 0.05) is 4.47 Å². The lowest BCUT2D eigenvalue weighted by Crippen LogP contribution is -2.33. The number of carbonyl (C=O) groups excluding carboxylic acids is 1. The lowest BCUT2D eigenvalue weighted by Gasteiger charge is -2.27. The van der Waals surface area contributed by atoms with Gasteiger partial charge in [-0.3, -0.25) is 4.90 Å². The van der Waals surface area contributed by atoms with Gasteiger partial charge in [-0.15, -0.1) is 5.10 Å². The maximum Gasteiger partial charge on any atom is 0.371 e. The highest BCUT2D eigenvalue weighted by atomic mass is 79.9. The first-order valence-corrected chi connectivity index (χ1v) is 11.8. The predicted molar refractivity (Wildman–Crippen MR) is 139 cm³/mol. The van der Waals surface area contributed by atoms with E-state index < -0.39 is 11.6 Å². The number of amides is 1. The number of hydrogen-bond donors (Lipinski definition) is 1. The zero-order valence-corrected chi connectivity index (χ0v) is 20.2. The van der Waals surface area contributed by atoms with Crippen LogP contribution in [0, 0.1) is 0 Å². The Kier molecular flexibility index (Phi) is 6.27. The summed E-state index contributed by atoms with van der Waals surface area (Å²) in [5.41, 5.74) is 1.23. The Bertz CT molecular complexity index is 1380. The standard InChI is InChI=1S/C28H21BrN4O2/c29-23-16-18-25(19-17-23)32(24-14-8-3-9-15-24)27(34)33-30-20-26(31-33)28(35,21-10-4-1-5-11-21)22-12-6-2-7-13-22/h1-20,35H. The zero-order chi connectivity index (χ0) is 24.3. The van der Waals surface area contributed by atoms with Gasteiger partial charge in [0.25, 0.3) is 0 Å². The summed E-state index contributed by atoms with van der Waals surface area (Å²) in [6, 6.07) is 34.7. The van der Waals surface area contributed by atoms with Crippen LogP contribution in [0.4, 0.5) is 16.2 Å². The maximum atomic E-state index is 13.7. The molecule has 172 valence electrons. The minimum Gasteiger partial charge on any atom is -0.374 e. The van der Waals surface area contributed by atoms with E-state index in [4.69, 9.17) is 0 Å². The van der Waals surface area contributed by atoms with Gasteiger partial charge in [0.1, 0.15) is 5.69 Å². The number of rotatable bonds is 5. The summed E-state index contributed by atoms with van der Waals surface area (Å²) in [6.07, 6.45) is 1.43. The lowest BCUT2D eigenvalue weighted by molar-refractivity contribution is 0.120. The van der Waals surface area contributed by atoms with Crippen molar-refractivity contribution in [2.24, 2.45) is 0 Å². The van der Waals surface area contributed by atoms with Crippen LogP contribution in [0.15, 0.2) is 126 Å². The van der Waals surface area contributed by atoms with Crippen LogP contribution in [0.1, 0.15) is 16.8 Å². The van der Waals surface area contributed by atoms with Crippen molar-refractivity contribution in [1.29, 1.82) is 0 Å². The van der Waals surface area contributed by atoms with Crippen LogP contribution in [0.2, 0.25) is 0 Å². The summed E-state index contributed by atoms with van der Waals surface area (Å²) in [6.45, 7) is 0. The summed E-state index contributed by atoms with van der Waals surface area (Å²) in [5, 5.41) is 20.7. The van der Waals surface area contributed by atoms with Crippen molar-refractivity contribution in [1.82, 2.24) is 15.0 Å². The molecule has 0 aliphatic rings.